The van der Waals surface area contributed by atoms with E-state index in [2.05, 4.69) is 0 Å². The first-order valence-corrected chi connectivity index (χ1v) is 4.61. The molecule has 0 fully saturated rings. The van der Waals surface area contributed by atoms with Crippen LogP contribution in [0, 0.1) is 0 Å². The van der Waals surface area contributed by atoms with Gasteiger partial charge in [-0.15, -0.1) is 0 Å². The Morgan fingerprint density at radius 2 is 2.14 bits per heavy atom. The fraction of sp³-hybridized carbons (Fsp3) is 0.182. The van der Waals surface area contributed by atoms with Crippen LogP contribution in [0.2, 0.25) is 0 Å². The smallest absolute Gasteiger partial charge is 0.144 e. The van der Waals surface area contributed by atoms with Crippen molar-refractivity contribution in [3.05, 3.63) is 35.9 Å². The minimum absolute atomic E-state index is 0.462. The van der Waals surface area contributed by atoms with E-state index in [1.807, 2.05) is 43.3 Å². The lowest BCUT2D eigenvalue weighted by molar-refractivity contribution is -0.104. The van der Waals surface area contributed by atoms with E-state index in [1.54, 1.807) is 0 Å². The Morgan fingerprint density at radius 3 is 2.71 bits per heavy atom. The molecule has 2 nitrogen and oxygen atoms in total. The molecule has 1 rings (SSSR count). The van der Waals surface area contributed by atoms with E-state index in [4.69, 9.17) is 11.6 Å². The van der Waals surface area contributed by atoms with Crippen molar-refractivity contribution in [1.29, 1.82) is 0 Å². The third-order valence-corrected chi connectivity index (χ3v) is 2.20. The zero-order chi connectivity index (χ0) is 10.6. The van der Waals surface area contributed by atoms with Crippen molar-refractivity contribution in [1.82, 2.24) is 0 Å². The molecule has 0 saturated carbocycles. The van der Waals surface area contributed by atoms with E-state index < -0.39 is 0 Å². The molecule has 0 unspecified atom stereocenters. The number of hydrogen-bond acceptors (Lipinski definition) is 2. The summed E-state index contributed by atoms with van der Waals surface area (Å²) in [6.45, 7) is 0. The number of rotatable bonds is 3. The molecule has 0 heterocycles. The molecule has 3 heteroatoms. The van der Waals surface area contributed by atoms with Crippen molar-refractivity contribution in [3.8, 4) is 0 Å². The summed E-state index contributed by atoms with van der Waals surface area (Å²) in [6, 6.07) is 7.69. The van der Waals surface area contributed by atoms with E-state index >= 15 is 0 Å². The van der Waals surface area contributed by atoms with Crippen LogP contribution in [0.5, 0.6) is 0 Å². The normalized spacial score (nSPS) is 11.2. The van der Waals surface area contributed by atoms with Gasteiger partial charge < -0.3 is 4.90 Å². The number of aldehydes is 1. The predicted octanol–water partition coefficient (Wildman–Crippen LogP) is 2.53. The lowest BCUT2D eigenvalue weighted by Crippen LogP contribution is -2.08. The third kappa shape index (κ3) is 2.60. The summed E-state index contributed by atoms with van der Waals surface area (Å²) in [5.74, 6) is 0. The monoisotopic (exact) mass is 209 g/mol. The number of carbonyl (C=O) groups excluding carboxylic acids is 1. The molecule has 0 radical (unpaired) electrons. The first-order chi connectivity index (χ1) is 6.65. The lowest BCUT2D eigenvalue weighted by Gasteiger charge is -2.13. The molecule has 14 heavy (non-hydrogen) atoms. The molecule has 0 aliphatic carbocycles. The van der Waals surface area contributed by atoms with Gasteiger partial charge in [-0.1, -0.05) is 23.7 Å². The largest absolute Gasteiger partial charge is 0.378 e. The van der Waals surface area contributed by atoms with E-state index in [9.17, 15) is 4.79 Å². The van der Waals surface area contributed by atoms with Crippen molar-refractivity contribution in [2.45, 2.75) is 0 Å². The Kier molecular flexibility index (Phi) is 3.72. The minimum Gasteiger partial charge on any atom is -0.378 e. The molecule has 0 atom stereocenters. The van der Waals surface area contributed by atoms with Crippen LogP contribution in [-0.4, -0.2) is 20.4 Å². The Bertz CT molecular complexity index is 358. The molecule has 0 aliphatic heterocycles. The molecule has 1 aromatic carbocycles. The highest BCUT2D eigenvalue weighted by atomic mass is 35.5. The summed E-state index contributed by atoms with van der Waals surface area (Å²) < 4.78 is 0. The van der Waals surface area contributed by atoms with Crippen LogP contribution in [0.1, 0.15) is 5.56 Å². The van der Waals surface area contributed by atoms with E-state index in [-0.39, 0.29) is 0 Å². The zero-order valence-corrected chi connectivity index (χ0v) is 8.95. The van der Waals surface area contributed by atoms with Crippen LogP contribution in [-0.2, 0) is 4.79 Å². The summed E-state index contributed by atoms with van der Waals surface area (Å²) >= 11 is 5.89. The summed E-state index contributed by atoms with van der Waals surface area (Å²) in [5.41, 5.74) is 1.91. The number of nitrogens with zero attached hydrogens (tertiary/aromatic N) is 1. The minimum atomic E-state index is 0.462. The van der Waals surface area contributed by atoms with Crippen LogP contribution in [0.25, 0.3) is 5.03 Å². The second-order valence-corrected chi connectivity index (χ2v) is 3.50. The average Bonchev–Trinajstić information content (AvgIpc) is 2.18. The number of benzene rings is 1. The first-order valence-electron chi connectivity index (χ1n) is 4.24. The van der Waals surface area contributed by atoms with Crippen molar-refractivity contribution < 1.29 is 4.79 Å². The van der Waals surface area contributed by atoms with E-state index in [1.165, 1.54) is 6.08 Å². The molecule has 0 saturated heterocycles. The third-order valence-electron chi connectivity index (χ3n) is 1.85. The van der Waals surface area contributed by atoms with Crippen LogP contribution in [0.3, 0.4) is 0 Å². The van der Waals surface area contributed by atoms with Gasteiger partial charge in [0.2, 0.25) is 0 Å². The molecule has 0 aliphatic rings. The zero-order valence-electron chi connectivity index (χ0n) is 8.20. The van der Waals surface area contributed by atoms with Gasteiger partial charge in [-0.05, 0) is 23.8 Å². The number of anilines is 1. The molecule has 0 amide bonds. The van der Waals surface area contributed by atoms with Crippen molar-refractivity contribution >= 4 is 28.6 Å². The standard InChI is InChI=1S/C11H12ClNO/c1-13(2)10-5-3-4-9(8-10)11(12)6-7-14/h3-8H,1-2H3. The second kappa shape index (κ2) is 4.82. The van der Waals surface area contributed by atoms with Crippen LogP contribution in [0.15, 0.2) is 30.3 Å². The van der Waals surface area contributed by atoms with E-state index in [0.717, 1.165) is 11.3 Å². The highest BCUT2D eigenvalue weighted by Gasteiger charge is 2.00. The second-order valence-electron chi connectivity index (χ2n) is 3.10. The highest BCUT2D eigenvalue weighted by Crippen LogP contribution is 2.22. The molecule has 0 aromatic heterocycles. The fourth-order valence-electron chi connectivity index (χ4n) is 1.09. The molecular formula is C11H12ClNO. The van der Waals surface area contributed by atoms with Crippen LogP contribution in [0.4, 0.5) is 5.69 Å². The number of allylic oxidation sites excluding steroid dienone is 1. The average molecular weight is 210 g/mol. The maximum atomic E-state index is 10.2. The van der Waals surface area contributed by atoms with Crippen LogP contribution >= 0.6 is 11.6 Å². The van der Waals surface area contributed by atoms with Gasteiger partial charge in [0, 0.05) is 19.8 Å². The molecule has 74 valence electrons. The molecule has 1 aromatic rings. The topological polar surface area (TPSA) is 20.3 Å². The van der Waals surface area contributed by atoms with Gasteiger partial charge in [0.05, 0.1) is 5.03 Å². The summed E-state index contributed by atoms with van der Waals surface area (Å²) in [6.07, 6.45) is 2.03. The van der Waals surface area contributed by atoms with Gasteiger partial charge in [-0.25, -0.2) is 0 Å². The summed E-state index contributed by atoms with van der Waals surface area (Å²) in [7, 11) is 3.91. The first kappa shape index (κ1) is 10.8. The van der Waals surface area contributed by atoms with E-state index in [0.29, 0.717) is 11.3 Å². The predicted molar refractivity (Wildman–Crippen MR) is 60.7 cm³/mol. The quantitative estimate of drug-likeness (QED) is 0.563. The van der Waals surface area contributed by atoms with Gasteiger partial charge >= 0.3 is 0 Å². The maximum absolute atomic E-state index is 10.2. The Morgan fingerprint density at radius 1 is 1.43 bits per heavy atom. The van der Waals surface area contributed by atoms with Crippen molar-refractivity contribution in [2.24, 2.45) is 0 Å². The summed E-state index contributed by atoms with van der Waals surface area (Å²) in [5, 5.41) is 0.462. The molecule has 0 spiro atoms. The van der Waals surface area contributed by atoms with Gasteiger partial charge in [0.25, 0.3) is 0 Å². The number of hydrogen-bond donors (Lipinski definition) is 0. The van der Waals surface area contributed by atoms with Crippen molar-refractivity contribution in [3.63, 3.8) is 0 Å². The Balaban J connectivity index is 3.05. The van der Waals surface area contributed by atoms with Gasteiger partial charge in [-0.2, -0.15) is 0 Å². The van der Waals surface area contributed by atoms with Gasteiger partial charge in [0.15, 0.2) is 0 Å². The molecule has 0 bridgehead atoms. The fourth-order valence-corrected chi connectivity index (χ4v) is 1.26. The Hall–Kier alpha value is -1.28. The molecular weight excluding hydrogens is 198 g/mol. The summed E-state index contributed by atoms with van der Waals surface area (Å²) in [4.78, 5) is 12.2. The maximum Gasteiger partial charge on any atom is 0.144 e. The van der Waals surface area contributed by atoms with Gasteiger partial charge in [0.1, 0.15) is 6.29 Å². The SMILES string of the molecule is CN(C)c1cccc(C(Cl)=CC=O)c1. The molecule has 0 N–H and O–H groups in total. The Labute approximate surface area is 88.8 Å². The van der Waals surface area contributed by atoms with Crippen molar-refractivity contribution in [2.75, 3.05) is 19.0 Å². The lowest BCUT2D eigenvalue weighted by atomic mass is 10.2. The number of carbonyl (C=O) groups is 1. The van der Waals surface area contributed by atoms with Gasteiger partial charge in [-0.3, -0.25) is 4.79 Å². The highest BCUT2D eigenvalue weighted by molar-refractivity contribution is 6.49. The van der Waals surface area contributed by atoms with Crippen LogP contribution < -0.4 is 4.90 Å². The number of halogens is 1.